The molecule has 2 aromatic heterocycles. The fourth-order valence-corrected chi connectivity index (χ4v) is 3.94. The summed E-state index contributed by atoms with van der Waals surface area (Å²) < 4.78 is 20.2. The van der Waals surface area contributed by atoms with Crippen molar-refractivity contribution in [2.24, 2.45) is 7.05 Å². The number of ketones is 1. The number of hydrogen-bond donors (Lipinski definition) is 2. The Labute approximate surface area is 189 Å². The number of anilines is 1. The molecule has 3 aromatic rings. The van der Waals surface area contributed by atoms with Crippen molar-refractivity contribution in [1.29, 1.82) is 0 Å². The number of amides is 2. The number of aryl methyl sites for hydroxylation is 2. The first-order valence-electron chi connectivity index (χ1n) is 10.4. The Hall–Kier alpha value is -3.82. The average Bonchev–Trinajstić information content (AvgIpc) is 3.33. The zero-order valence-corrected chi connectivity index (χ0v) is 19.0. The van der Waals surface area contributed by atoms with Crippen LogP contribution in [0.5, 0.6) is 0 Å². The molecule has 0 unspecified atom stereocenters. The van der Waals surface area contributed by atoms with E-state index in [0.717, 1.165) is 0 Å². The second-order valence-electron chi connectivity index (χ2n) is 8.42. The minimum atomic E-state index is -0.831. The van der Waals surface area contributed by atoms with Crippen LogP contribution in [0.25, 0.3) is 0 Å². The van der Waals surface area contributed by atoms with Crippen LogP contribution in [0, 0.1) is 33.5 Å². The Bertz CT molecular complexity index is 1300. The maximum absolute atomic E-state index is 13.5. The van der Waals surface area contributed by atoms with E-state index in [-0.39, 0.29) is 23.0 Å². The van der Waals surface area contributed by atoms with Gasteiger partial charge in [-0.15, -0.1) is 0 Å². The summed E-state index contributed by atoms with van der Waals surface area (Å²) in [6.45, 7) is 6.58. The summed E-state index contributed by atoms with van der Waals surface area (Å²) in [4.78, 5) is 43.1. The Kier molecular flexibility index (Phi) is 5.39. The van der Waals surface area contributed by atoms with Crippen molar-refractivity contribution < 1.29 is 23.3 Å². The molecule has 172 valence electrons. The van der Waals surface area contributed by atoms with Gasteiger partial charge < -0.3 is 19.7 Å². The second kappa shape index (κ2) is 7.95. The van der Waals surface area contributed by atoms with Crippen LogP contribution in [0.2, 0.25) is 0 Å². The van der Waals surface area contributed by atoms with Crippen molar-refractivity contribution in [3.63, 3.8) is 0 Å². The number of carbonyl (C=O) groups excluding carboxylic acids is 3. The summed E-state index contributed by atoms with van der Waals surface area (Å²) in [6.07, 6.45) is 1.17. The molecule has 0 aliphatic heterocycles. The van der Waals surface area contributed by atoms with Crippen LogP contribution in [0.15, 0.2) is 22.7 Å². The third-order valence-corrected chi connectivity index (χ3v) is 6.03. The maximum Gasteiger partial charge on any atom is 0.294 e. The highest BCUT2D eigenvalue weighted by atomic mass is 19.1. The topological polar surface area (TPSA) is 119 Å². The minimum Gasteiger partial charge on any atom is -0.344 e. The summed E-state index contributed by atoms with van der Waals surface area (Å²) >= 11 is 0. The lowest BCUT2D eigenvalue weighted by Crippen LogP contribution is -2.40. The predicted octanol–water partition coefficient (Wildman–Crippen LogP) is 3.02. The number of Topliss-reactive ketones (excluding diaryl/α,β-unsaturated/α-hetero) is 1. The van der Waals surface area contributed by atoms with Crippen LogP contribution in [-0.2, 0) is 17.4 Å². The van der Waals surface area contributed by atoms with Gasteiger partial charge in [-0.1, -0.05) is 5.16 Å². The molecule has 33 heavy (non-hydrogen) atoms. The molecule has 0 saturated heterocycles. The zero-order chi connectivity index (χ0) is 24.1. The molecule has 4 rings (SSSR count). The second-order valence-corrected chi connectivity index (χ2v) is 8.42. The molecule has 9 nitrogen and oxygen atoms in total. The minimum absolute atomic E-state index is 0.114. The monoisotopic (exact) mass is 453 g/mol. The number of halogens is 1. The number of benzene rings is 1. The third kappa shape index (κ3) is 3.92. The number of aromatic nitrogens is 3. The van der Waals surface area contributed by atoms with Crippen molar-refractivity contribution in [1.82, 2.24) is 20.0 Å². The van der Waals surface area contributed by atoms with Gasteiger partial charge in [-0.25, -0.2) is 4.39 Å². The molecule has 0 bridgehead atoms. The summed E-state index contributed by atoms with van der Waals surface area (Å²) in [5, 5.41) is 9.20. The van der Waals surface area contributed by atoms with Gasteiger partial charge in [-0.3, -0.25) is 14.4 Å². The molecule has 10 heteroatoms. The Balaban J connectivity index is 1.58. The van der Waals surface area contributed by atoms with E-state index >= 15 is 0 Å². The van der Waals surface area contributed by atoms with Crippen molar-refractivity contribution in [3.05, 3.63) is 63.8 Å². The van der Waals surface area contributed by atoms with Crippen molar-refractivity contribution in [2.75, 3.05) is 5.32 Å². The highest BCUT2D eigenvalue weighted by Crippen LogP contribution is 2.44. The predicted molar refractivity (Wildman–Crippen MR) is 116 cm³/mol. The number of nitrogens with zero attached hydrogens (tertiary/aromatic N) is 3. The summed E-state index contributed by atoms with van der Waals surface area (Å²) in [5.74, 6) is -1.69. The SMILES string of the molecule is Cc1noc(C2(NC(=O)C(=O)c3c(C)c(C(=O)Nc4ccc(F)c(C)c4)c(C)n3C)CC2)n1. The van der Waals surface area contributed by atoms with E-state index in [1.54, 1.807) is 34.7 Å². The lowest BCUT2D eigenvalue weighted by Gasteiger charge is -2.13. The molecule has 1 aromatic carbocycles. The van der Waals surface area contributed by atoms with Crippen LogP contribution in [0.3, 0.4) is 0 Å². The Morgan fingerprint density at radius 3 is 2.42 bits per heavy atom. The van der Waals surface area contributed by atoms with Gasteiger partial charge in [-0.2, -0.15) is 4.98 Å². The molecule has 1 saturated carbocycles. The molecule has 0 radical (unpaired) electrons. The summed E-state index contributed by atoms with van der Waals surface area (Å²) in [5.41, 5.74) is 1.29. The molecule has 2 N–H and O–H groups in total. The molecule has 2 heterocycles. The van der Waals surface area contributed by atoms with E-state index in [1.807, 2.05) is 0 Å². The highest BCUT2D eigenvalue weighted by molar-refractivity contribution is 6.43. The van der Waals surface area contributed by atoms with E-state index in [2.05, 4.69) is 20.8 Å². The zero-order valence-electron chi connectivity index (χ0n) is 19.0. The highest BCUT2D eigenvalue weighted by Gasteiger charge is 2.51. The van der Waals surface area contributed by atoms with E-state index in [0.29, 0.717) is 41.2 Å². The van der Waals surface area contributed by atoms with Crippen LogP contribution in [0.4, 0.5) is 10.1 Å². The molecule has 1 aliphatic rings. The van der Waals surface area contributed by atoms with Crippen LogP contribution in [-0.4, -0.2) is 32.3 Å². The molecular weight excluding hydrogens is 429 g/mol. The van der Waals surface area contributed by atoms with Gasteiger partial charge in [0.15, 0.2) is 5.82 Å². The fraction of sp³-hybridized carbons (Fsp3) is 0.348. The van der Waals surface area contributed by atoms with Gasteiger partial charge >= 0.3 is 0 Å². The van der Waals surface area contributed by atoms with E-state index < -0.39 is 23.1 Å². The van der Waals surface area contributed by atoms with Crippen LogP contribution >= 0.6 is 0 Å². The smallest absolute Gasteiger partial charge is 0.294 e. The largest absolute Gasteiger partial charge is 0.344 e. The lowest BCUT2D eigenvalue weighted by molar-refractivity contribution is -0.118. The van der Waals surface area contributed by atoms with Crippen molar-refractivity contribution >= 4 is 23.3 Å². The molecule has 0 atom stereocenters. The van der Waals surface area contributed by atoms with Crippen LogP contribution in [0.1, 0.15) is 62.2 Å². The van der Waals surface area contributed by atoms with Crippen LogP contribution < -0.4 is 10.6 Å². The Morgan fingerprint density at radius 2 is 1.85 bits per heavy atom. The Morgan fingerprint density at radius 1 is 1.15 bits per heavy atom. The lowest BCUT2D eigenvalue weighted by atomic mass is 10.1. The quantitative estimate of drug-likeness (QED) is 0.437. The normalized spacial score (nSPS) is 14.1. The summed E-state index contributed by atoms with van der Waals surface area (Å²) in [6, 6.07) is 4.25. The number of hydrogen-bond acceptors (Lipinski definition) is 6. The molecule has 2 amide bonds. The van der Waals surface area contributed by atoms with Gasteiger partial charge in [0.25, 0.3) is 23.5 Å². The number of nitrogens with one attached hydrogen (secondary N) is 2. The van der Waals surface area contributed by atoms with Gasteiger partial charge in [0.2, 0.25) is 0 Å². The fourth-order valence-electron chi connectivity index (χ4n) is 3.94. The summed E-state index contributed by atoms with van der Waals surface area (Å²) in [7, 11) is 1.62. The average molecular weight is 453 g/mol. The van der Waals surface area contributed by atoms with Gasteiger partial charge in [0.1, 0.15) is 11.4 Å². The first-order valence-corrected chi connectivity index (χ1v) is 10.4. The molecule has 1 fully saturated rings. The maximum atomic E-state index is 13.5. The first kappa shape index (κ1) is 22.4. The van der Waals surface area contributed by atoms with Gasteiger partial charge in [0.05, 0.1) is 11.3 Å². The number of rotatable bonds is 6. The van der Waals surface area contributed by atoms with E-state index in [9.17, 15) is 18.8 Å². The van der Waals surface area contributed by atoms with E-state index in [1.165, 1.54) is 22.8 Å². The standard InChI is InChI=1S/C23H24FN5O4/c1-11-10-15(6-7-16(11)24)26-20(31)17-12(2)18(29(5)13(17)3)19(30)21(32)27-23(8-9-23)22-25-14(4)28-33-22/h6-7,10H,8-9H2,1-5H3,(H,26,31)(H,27,32). The molecule has 1 aliphatic carbocycles. The first-order chi connectivity index (χ1) is 15.5. The van der Waals surface area contributed by atoms with E-state index in [4.69, 9.17) is 4.52 Å². The van der Waals surface area contributed by atoms with Crippen molar-refractivity contribution in [3.8, 4) is 0 Å². The molecule has 0 spiro atoms. The number of carbonyl (C=O) groups is 3. The van der Waals surface area contributed by atoms with Crippen molar-refractivity contribution in [2.45, 2.75) is 46.1 Å². The molecular formula is C23H24FN5O4. The third-order valence-electron chi connectivity index (χ3n) is 6.03. The van der Waals surface area contributed by atoms with Gasteiger partial charge in [0, 0.05) is 18.4 Å². The van der Waals surface area contributed by atoms with Gasteiger partial charge in [-0.05, 0) is 69.9 Å².